The van der Waals surface area contributed by atoms with E-state index in [-0.39, 0.29) is 29.8 Å². The van der Waals surface area contributed by atoms with E-state index in [1.54, 1.807) is 24.3 Å². The Morgan fingerprint density at radius 3 is 2.28 bits per heavy atom. The molecule has 1 heterocycles. The SMILES string of the molecule is COc1cc(C(F)(F)[C@@H](NS(=O)(=O)c2ccc(OCC3CCCCC3)cc2)C(=O)N2CCC(N)CC2)ccc1-c1ccc(Cl)cc1. The Morgan fingerprint density at radius 2 is 1.65 bits per heavy atom. The van der Waals surface area contributed by atoms with Gasteiger partial charge in [-0.25, -0.2) is 8.42 Å². The first-order valence-corrected chi connectivity index (χ1v) is 17.5. The normalized spacial score (nSPS) is 17.5. The summed E-state index contributed by atoms with van der Waals surface area (Å²) >= 11 is 6.01. The van der Waals surface area contributed by atoms with Crippen molar-refractivity contribution < 1.29 is 31.5 Å². The van der Waals surface area contributed by atoms with Crippen molar-refractivity contribution in [3.8, 4) is 22.6 Å². The molecule has 0 aromatic heterocycles. The zero-order valence-electron chi connectivity index (χ0n) is 25.8. The number of amides is 1. The Labute approximate surface area is 274 Å². The molecule has 0 unspecified atom stereocenters. The van der Waals surface area contributed by atoms with Gasteiger partial charge in [0, 0.05) is 35.3 Å². The number of rotatable bonds is 11. The highest BCUT2D eigenvalue weighted by atomic mass is 35.5. The van der Waals surface area contributed by atoms with E-state index in [9.17, 15) is 13.2 Å². The third-order valence-electron chi connectivity index (χ3n) is 8.82. The molecule has 0 bridgehead atoms. The maximum absolute atomic E-state index is 16.5. The van der Waals surface area contributed by atoms with Gasteiger partial charge < -0.3 is 20.1 Å². The molecule has 3 aromatic carbocycles. The molecule has 8 nitrogen and oxygen atoms in total. The van der Waals surface area contributed by atoms with Gasteiger partial charge >= 0.3 is 0 Å². The third-order valence-corrected chi connectivity index (χ3v) is 10.5. The lowest BCUT2D eigenvalue weighted by atomic mass is 9.90. The summed E-state index contributed by atoms with van der Waals surface area (Å²) in [5, 5.41) is 0.514. The molecule has 46 heavy (non-hydrogen) atoms. The molecule has 2 aliphatic rings. The summed E-state index contributed by atoms with van der Waals surface area (Å²) < 4.78 is 73.5. The Kier molecular flexibility index (Phi) is 10.9. The van der Waals surface area contributed by atoms with E-state index in [1.165, 1.54) is 67.7 Å². The van der Waals surface area contributed by atoms with Crippen molar-refractivity contribution in [1.29, 1.82) is 0 Å². The number of carbonyl (C=O) groups is 1. The van der Waals surface area contributed by atoms with Gasteiger partial charge in [0.25, 0.3) is 5.92 Å². The number of carbonyl (C=O) groups excluding carboxylic acids is 1. The predicted octanol–water partition coefficient (Wildman–Crippen LogP) is 6.36. The number of piperidine rings is 1. The summed E-state index contributed by atoms with van der Waals surface area (Å²) in [5.41, 5.74) is 6.60. The average Bonchev–Trinajstić information content (AvgIpc) is 3.07. The number of halogens is 3. The van der Waals surface area contributed by atoms with Gasteiger partial charge in [-0.1, -0.05) is 55.1 Å². The lowest BCUT2D eigenvalue weighted by molar-refractivity contribution is -0.145. The number of benzene rings is 3. The van der Waals surface area contributed by atoms with Gasteiger partial charge in [-0.15, -0.1) is 0 Å². The molecule has 248 valence electrons. The molecule has 1 amide bonds. The quantitative estimate of drug-likeness (QED) is 0.245. The van der Waals surface area contributed by atoms with Crippen LogP contribution in [0.25, 0.3) is 11.1 Å². The highest BCUT2D eigenvalue weighted by Gasteiger charge is 2.50. The van der Waals surface area contributed by atoms with Gasteiger partial charge in [-0.3, -0.25) is 4.79 Å². The monoisotopic (exact) mass is 675 g/mol. The van der Waals surface area contributed by atoms with Gasteiger partial charge in [0.15, 0.2) is 6.04 Å². The Hall–Kier alpha value is -3.25. The van der Waals surface area contributed by atoms with Crippen molar-refractivity contribution in [2.75, 3.05) is 26.8 Å². The highest BCUT2D eigenvalue weighted by Crippen LogP contribution is 2.40. The van der Waals surface area contributed by atoms with Crippen LogP contribution in [-0.2, 0) is 20.7 Å². The standard InChI is InChI=1S/C34H40ClF2N3O5S/c1-44-31-21-25(9-16-30(31)24-7-10-26(35)11-8-24)34(36,37)32(33(41)40-19-17-27(38)18-20-40)39-46(42,43)29-14-12-28(13-15-29)45-22-23-5-3-2-4-6-23/h7-16,21,23,27,32,39H,2-6,17-20,22,38H2,1H3/t32-/m0/s1. The molecule has 12 heteroatoms. The fourth-order valence-electron chi connectivity index (χ4n) is 6.02. The van der Waals surface area contributed by atoms with Crippen molar-refractivity contribution in [2.24, 2.45) is 11.7 Å². The minimum Gasteiger partial charge on any atom is -0.496 e. The lowest BCUT2D eigenvalue weighted by Gasteiger charge is -2.35. The summed E-state index contributed by atoms with van der Waals surface area (Å²) in [4.78, 5) is 14.7. The number of hydrogen-bond acceptors (Lipinski definition) is 6. The molecule has 3 N–H and O–H groups in total. The smallest absolute Gasteiger partial charge is 0.298 e. The molecular weight excluding hydrogens is 636 g/mol. The maximum Gasteiger partial charge on any atom is 0.298 e. The van der Waals surface area contributed by atoms with E-state index in [2.05, 4.69) is 4.72 Å². The Morgan fingerprint density at radius 1 is 1.00 bits per heavy atom. The van der Waals surface area contributed by atoms with Crippen LogP contribution in [-0.4, -0.2) is 58.1 Å². The molecule has 1 saturated carbocycles. The number of nitrogens with two attached hydrogens (primary N) is 1. The van der Waals surface area contributed by atoms with Crippen molar-refractivity contribution in [2.45, 2.75) is 67.8 Å². The van der Waals surface area contributed by atoms with E-state index >= 15 is 8.78 Å². The van der Waals surface area contributed by atoms with Gasteiger partial charge in [0.05, 0.1) is 18.6 Å². The number of likely N-dealkylation sites (tertiary alicyclic amines) is 1. The van der Waals surface area contributed by atoms with E-state index in [4.69, 9.17) is 26.8 Å². The second-order valence-corrected chi connectivity index (χ2v) is 14.2. The number of sulfonamides is 1. The van der Waals surface area contributed by atoms with E-state index < -0.39 is 33.5 Å². The lowest BCUT2D eigenvalue weighted by Crippen LogP contribution is -2.58. The summed E-state index contributed by atoms with van der Waals surface area (Å²) in [6, 6.07) is 13.5. The fraction of sp³-hybridized carbons (Fsp3) is 0.441. The second-order valence-electron chi connectivity index (χ2n) is 12.0. The zero-order chi connectivity index (χ0) is 32.9. The highest BCUT2D eigenvalue weighted by molar-refractivity contribution is 7.89. The average molecular weight is 676 g/mol. The van der Waals surface area contributed by atoms with Crippen LogP contribution >= 0.6 is 11.6 Å². The Balaban J connectivity index is 1.42. The van der Waals surface area contributed by atoms with Crippen molar-refractivity contribution >= 4 is 27.5 Å². The number of methoxy groups -OCH3 is 1. The van der Waals surface area contributed by atoms with Crippen LogP contribution in [0.5, 0.6) is 11.5 Å². The van der Waals surface area contributed by atoms with Crippen LogP contribution in [0.3, 0.4) is 0 Å². The van der Waals surface area contributed by atoms with Crippen LogP contribution in [0.4, 0.5) is 8.78 Å². The van der Waals surface area contributed by atoms with Crippen LogP contribution in [0.15, 0.2) is 71.6 Å². The first-order chi connectivity index (χ1) is 22.0. The topological polar surface area (TPSA) is 111 Å². The fourth-order valence-corrected chi connectivity index (χ4v) is 7.34. The van der Waals surface area contributed by atoms with Crippen LogP contribution in [0.2, 0.25) is 5.02 Å². The van der Waals surface area contributed by atoms with Crippen LogP contribution in [0.1, 0.15) is 50.5 Å². The zero-order valence-corrected chi connectivity index (χ0v) is 27.3. The Bertz CT molecular complexity index is 1590. The summed E-state index contributed by atoms with van der Waals surface area (Å²) in [6.45, 7) is 0.813. The summed E-state index contributed by atoms with van der Waals surface area (Å²) in [6.07, 6.45) is 6.60. The largest absolute Gasteiger partial charge is 0.496 e. The first-order valence-electron chi connectivity index (χ1n) is 15.6. The number of hydrogen-bond donors (Lipinski definition) is 2. The minimum atomic E-state index is -4.57. The number of nitrogens with zero attached hydrogens (tertiary/aromatic N) is 1. The molecule has 1 atom stereocenters. The van der Waals surface area contributed by atoms with Crippen LogP contribution < -0.4 is 19.9 Å². The minimum absolute atomic E-state index is 0.126. The number of ether oxygens (including phenoxy) is 2. The van der Waals surface area contributed by atoms with E-state index in [0.29, 0.717) is 47.3 Å². The summed E-state index contributed by atoms with van der Waals surface area (Å²) in [5.74, 6) is -3.93. The van der Waals surface area contributed by atoms with E-state index in [0.717, 1.165) is 18.9 Å². The van der Waals surface area contributed by atoms with Crippen LogP contribution in [0, 0.1) is 5.92 Å². The molecule has 0 spiro atoms. The second kappa shape index (κ2) is 14.7. The maximum atomic E-state index is 16.5. The van der Waals surface area contributed by atoms with E-state index in [1.807, 2.05) is 0 Å². The molecule has 3 aromatic rings. The molecule has 1 aliphatic carbocycles. The van der Waals surface area contributed by atoms with Crippen molar-refractivity contribution in [3.63, 3.8) is 0 Å². The van der Waals surface area contributed by atoms with Crippen molar-refractivity contribution in [3.05, 3.63) is 77.3 Å². The van der Waals surface area contributed by atoms with Gasteiger partial charge in [0.1, 0.15) is 11.5 Å². The summed E-state index contributed by atoms with van der Waals surface area (Å²) in [7, 11) is -3.22. The third kappa shape index (κ3) is 7.99. The molecule has 1 saturated heterocycles. The predicted molar refractivity (Wildman–Crippen MR) is 174 cm³/mol. The molecular formula is C34H40ClF2N3O5S. The van der Waals surface area contributed by atoms with Gasteiger partial charge in [-0.05, 0) is 79.6 Å². The molecule has 2 fully saturated rings. The van der Waals surface area contributed by atoms with Gasteiger partial charge in [-0.2, -0.15) is 13.5 Å². The molecule has 5 rings (SSSR count). The number of alkyl halides is 2. The number of nitrogens with one attached hydrogen (secondary N) is 1. The van der Waals surface area contributed by atoms with Gasteiger partial charge in [0.2, 0.25) is 15.9 Å². The molecule has 1 aliphatic heterocycles. The van der Waals surface area contributed by atoms with Crippen molar-refractivity contribution in [1.82, 2.24) is 9.62 Å². The molecule has 0 radical (unpaired) electrons. The first kappa shape index (κ1) is 34.1.